The molecule has 1 aromatic carbocycles. The zero-order valence-electron chi connectivity index (χ0n) is 13.4. The molecule has 0 spiro atoms. The van der Waals surface area contributed by atoms with Crippen molar-refractivity contribution in [1.29, 1.82) is 0 Å². The smallest absolute Gasteiger partial charge is 0.0607 e. The molecule has 0 amide bonds. The predicted molar refractivity (Wildman–Crippen MR) is 93.1 cm³/mol. The van der Waals surface area contributed by atoms with Crippen molar-refractivity contribution < 1.29 is 0 Å². The Morgan fingerprint density at radius 1 is 1.09 bits per heavy atom. The summed E-state index contributed by atoms with van der Waals surface area (Å²) in [4.78, 5) is 11.7. The topological polar surface area (TPSA) is 29.0 Å². The predicted octanol–water partition coefficient (Wildman–Crippen LogP) is 4.14. The minimum absolute atomic E-state index is 0.397. The molecule has 0 aliphatic heterocycles. The van der Waals surface area contributed by atoms with E-state index >= 15 is 0 Å². The van der Waals surface area contributed by atoms with Crippen molar-refractivity contribution in [1.82, 2.24) is 14.9 Å². The molecule has 0 saturated heterocycles. The average Bonchev–Trinajstić information content (AvgIpc) is 2.61. The van der Waals surface area contributed by atoms with Gasteiger partial charge in [-0.25, -0.2) is 0 Å². The lowest BCUT2D eigenvalue weighted by molar-refractivity contribution is 0.206. The molecule has 2 aromatic heterocycles. The molecule has 23 heavy (non-hydrogen) atoms. The minimum atomic E-state index is 0.397. The van der Waals surface area contributed by atoms with Gasteiger partial charge in [-0.3, -0.25) is 14.9 Å². The number of aryl methyl sites for hydroxylation is 1. The molecule has 2 heterocycles. The fourth-order valence-corrected chi connectivity index (χ4v) is 3.60. The second kappa shape index (κ2) is 6.09. The summed E-state index contributed by atoms with van der Waals surface area (Å²) in [6.07, 6.45) is 7.46. The lowest BCUT2D eigenvalue weighted by atomic mass is 9.91. The van der Waals surface area contributed by atoms with Gasteiger partial charge in [0.25, 0.3) is 0 Å². The van der Waals surface area contributed by atoms with Crippen LogP contribution in [0.4, 0.5) is 0 Å². The molecular formula is C20H21N3. The van der Waals surface area contributed by atoms with Crippen molar-refractivity contribution in [3.05, 3.63) is 71.8 Å². The molecule has 0 unspecified atom stereocenters. The van der Waals surface area contributed by atoms with E-state index in [1.807, 2.05) is 18.5 Å². The Labute approximate surface area is 137 Å². The van der Waals surface area contributed by atoms with Crippen LogP contribution in [0.15, 0.2) is 54.9 Å². The highest BCUT2D eigenvalue weighted by Crippen LogP contribution is 2.32. The van der Waals surface area contributed by atoms with Crippen molar-refractivity contribution in [3.63, 3.8) is 0 Å². The summed E-state index contributed by atoms with van der Waals surface area (Å²) in [6, 6.07) is 15.3. The molecule has 0 saturated carbocycles. The Morgan fingerprint density at radius 3 is 2.87 bits per heavy atom. The van der Waals surface area contributed by atoms with E-state index in [9.17, 15) is 0 Å². The highest BCUT2D eigenvalue weighted by molar-refractivity contribution is 5.81. The molecule has 1 atom stereocenters. The second-order valence-corrected chi connectivity index (χ2v) is 6.39. The number of rotatable bonds is 3. The zero-order valence-corrected chi connectivity index (χ0v) is 13.4. The fraction of sp³-hybridized carbons (Fsp3) is 0.300. The summed E-state index contributed by atoms with van der Waals surface area (Å²) in [5, 5.41) is 2.46. The maximum atomic E-state index is 4.65. The van der Waals surface area contributed by atoms with Crippen LogP contribution in [-0.4, -0.2) is 21.9 Å². The van der Waals surface area contributed by atoms with Crippen molar-refractivity contribution in [2.75, 3.05) is 7.05 Å². The van der Waals surface area contributed by atoms with Gasteiger partial charge in [-0.05, 0) is 49.4 Å². The van der Waals surface area contributed by atoms with Crippen LogP contribution in [0, 0.1) is 0 Å². The number of hydrogen-bond acceptors (Lipinski definition) is 3. The van der Waals surface area contributed by atoms with Crippen molar-refractivity contribution >= 4 is 10.8 Å². The normalized spacial score (nSPS) is 17.4. The first-order valence-corrected chi connectivity index (χ1v) is 8.29. The van der Waals surface area contributed by atoms with Crippen LogP contribution in [0.2, 0.25) is 0 Å². The summed E-state index contributed by atoms with van der Waals surface area (Å²) < 4.78 is 0. The van der Waals surface area contributed by atoms with Crippen LogP contribution in [0.1, 0.15) is 35.8 Å². The van der Waals surface area contributed by atoms with Gasteiger partial charge < -0.3 is 0 Å². The van der Waals surface area contributed by atoms with Gasteiger partial charge >= 0.3 is 0 Å². The van der Waals surface area contributed by atoms with Crippen LogP contribution in [0.25, 0.3) is 10.8 Å². The Bertz CT molecular complexity index is 828. The number of fused-ring (bicyclic) bond motifs is 2. The number of aromatic nitrogens is 2. The number of benzene rings is 1. The maximum absolute atomic E-state index is 4.65. The molecule has 116 valence electrons. The molecule has 4 rings (SSSR count). The lowest BCUT2D eigenvalue weighted by Gasteiger charge is -2.32. The van der Waals surface area contributed by atoms with Gasteiger partial charge in [-0.2, -0.15) is 0 Å². The van der Waals surface area contributed by atoms with E-state index in [1.54, 1.807) is 0 Å². The van der Waals surface area contributed by atoms with Crippen LogP contribution in [0.5, 0.6) is 0 Å². The third-order valence-corrected chi connectivity index (χ3v) is 4.80. The second-order valence-electron chi connectivity index (χ2n) is 6.39. The van der Waals surface area contributed by atoms with E-state index in [2.05, 4.69) is 58.3 Å². The summed E-state index contributed by atoms with van der Waals surface area (Å²) in [6.45, 7) is 0.853. The van der Waals surface area contributed by atoms with E-state index in [0.717, 1.165) is 18.7 Å². The van der Waals surface area contributed by atoms with Gasteiger partial charge in [-0.1, -0.05) is 30.3 Å². The van der Waals surface area contributed by atoms with Gasteiger partial charge in [0.1, 0.15) is 0 Å². The van der Waals surface area contributed by atoms with Crippen LogP contribution in [-0.2, 0) is 13.0 Å². The molecule has 0 bridgehead atoms. The highest BCUT2D eigenvalue weighted by Gasteiger charge is 2.25. The van der Waals surface area contributed by atoms with Gasteiger partial charge in [0.2, 0.25) is 0 Å². The third kappa shape index (κ3) is 2.84. The molecule has 0 radical (unpaired) electrons. The van der Waals surface area contributed by atoms with Crippen LogP contribution in [0.3, 0.4) is 0 Å². The molecular weight excluding hydrogens is 282 g/mol. The monoisotopic (exact) mass is 303 g/mol. The molecule has 1 aliphatic rings. The van der Waals surface area contributed by atoms with Gasteiger partial charge in [0, 0.05) is 24.3 Å². The SMILES string of the molecule is CN(Cc1cc2ccccc2cn1)[C@H]1CCCc2cccnc21. The molecule has 3 heteroatoms. The first-order chi connectivity index (χ1) is 11.3. The minimum Gasteiger partial charge on any atom is -0.292 e. The van der Waals surface area contributed by atoms with E-state index in [0.29, 0.717) is 6.04 Å². The Morgan fingerprint density at radius 2 is 1.96 bits per heavy atom. The summed E-state index contributed by atoms with van der Waals surface area (Å²) in [7, 11) is 2.19. The largest absolute Gasteiger partial charge is 0.292 e. The van der Waals surface area contributed by atoms with Gasteiger partial charge in [-0.15, -0.1) is 0 Å². The third-order valence-electron chi connectivity index (χ3n) is 4.80. The standard InChI is InChI=1S/C20H21N3/c1-23(19-10-4-8-15-9-5-11-21-20(15)19)14-18-12-16-6-2-3-7-17(16)13-22-18/h2-3,5-7,9,11-13,19H,4,8,10,14H2,1H3/t19-/m0/s1. The molecule has 1 aliphatic carbocycles. The average molecular weight is 303 g/mol. The fourth-order valence-electron chi connectivity index (χ4n) is 3.60. The Hall–Kier alpha value is -2.26. The van der Waals surface area contributed by atoms with E-state index < -0.39 is 0 Å². The first-order valence-electron chi connectivity index (χ1n) is 8.29. The summed E-state index contributed by atoms with van der Waals surface area (Å²) in [5.74, 6) is 0. The summed E-state index contributed by atoms with van der Waals surface area (Å²) in [5.41, 5.74) is 3.78. The van der Waals surface area contributed by atoms with Crippen LogP contribution >= 0.6 is 0 Å². The molecule has 3 nitrogen and oxygen atoms in total. The van der Waals surface area contributed by atoms with Crippen molar-refractivity contribution in [2.45, 2.75) is 31.8 Å². The number of hydrogen-bond donors (Lipinski definition) is 0. The Kier molecular flexibility index (Phi) is 3.80. The van der Waals surface area contributed by atoms with Gasteiger partial charge in [0.15, 0.2) is 0 Å². The zero-order chi connectivity index (χ0) is 15.6. The Balaban J connectivity index is 1.58. The highest BCUT2D eigenvalue weighted by atomic mass is 15.1. The lowest BCUT2D eigenvalue weighted by Crippen LogP contribution is -2.28. The number of pyridine rings is 2. The van der Waals surface area contributed by atoms with Gasteiger partial charge in [0.05, 0.1) is 17.4 Å². The quantitative estimate of drug-likeness (QED) is 0.728. The molecule has 0 fully saturated rings. The summed E-state index contributed by atoms with van der Waals surface area (Å²) >= 11 is 0. The number of nitrogens with zero attached hydrogens (tertiary/aromatic N) is 3. The van der Waals surface area contributed by atoms with Crippen molar-refractivity contribution in [3.8, 4) is 0 Å². The van der Waals surface area contributed by atoms with Crippen molar-refractivity contribution in [2.24, 2.45) is 0 Å². The first kappa shape index (κ1) is 14.3. The van der Waals surface area contributed by atoms with E-state index in [-0.39, 0.29) is 0 Å². The maximum Gasteiger partial charge on any atom is 0.0607 e. The molecule has 3 aromatic rings. The van der Waals surface area contributed by atoms with E-state index in [4.69, 9.17) is 0 Å². The van der Waals surface area contributed by atoms with E-state index in [1.165, 1.54) is 34.9 Å². The van der Waals surface area contributed by atoms with Crippen LogP contribution < -0.4 is 0 Å². The molecule has 0 N–H and O–H groups in total.